The quantitative estimate of drug-likeness (QED) is 0.864. The molecule has 1 aliphatic carbocycles. The Labute approximate surface area is 125 Å². The van der Waals surface area contributed by atoms with Crippen LogP contribution in [-0.2, 0) is 9.59 Å². The van der Waals surface area contributed by atoms with Gasteiger partial charge in [-0.25, -0.2) is 0 Å². The molecule has 3 aliphatic rings. The van der Waals surface area contributed by atoms with Crippen molar-refractivity contribution in [3.8, 4) is 0 Å². The first-order valence-corrected chi connectivity index (χ1v) is 8.72. The molecule has 5 heteroatoms. The lowest BCUT2D eigenvalue weighted by atomic mass is 9.67. The molecule has 2 amide bonds. The van der Waals surface area contributed by atoms with Gasteiger partial charge in [-0.3, -0.25) is 9.59 Å². The SMILES string of the molecule is CCC1(CNC(=O)[C@@H]2CS[C@]3(C)CCC(=O)N23)CCC1. The Morgan fingerprint density at radius 1 is 1.45 bits per heavy atom. The highest BCUT2D eigenvalue weighted by molar-refractivity contribution is 8.01. The van der Waals surface area contributed by atoms with E-state index in [0.29, 0.717) is 11.8 Å². The maximum absolute atomic E-state index is 12.5. The maximum atomic E-state index is 12.5. The van der Waals surface area contributed by atoms with Gasteiger partial charge in [0.05, 0.1) is 4.87 Å². The smallest absolute Gasteiger partial charge is 0.243 e. The Morgan fingerprint density at radius 3 is 2.80 bits per heavy atom. The summed E-state index contributed by atoms with van der Waals surface area (Å²) in [4.78, 5) is 26.2. The van der Waals surface area contributed by atoms with Crippen LogP contribution >= 0.6 is 11.8 Å². The van der Waals surface area contributed by atoms with Gasteiger partial charge in [0.25, 0.3) is 0 Å². The van der Waals surface area contributed by atoms with Crippen molar-refractivity contribution in [1.29, 1.82) is 0 Å². The average Bonchev–Trinajstić information content (AvgIpc) is 2.86. The summed E-state index contributed by atoms with van der Waals surface area (Å²) in [5.74, 6) is 0.940. The third-order valence-electron chi connectivity index (χ3n) is 5.55. The van der Waals surface area contributed by atoms with E-state index in [2.05, 4.69) is 19.2 Å². The van der Waals surface area contributed by atoms with Crippen LogP contribution in [0, 0.1) is 5.41 Å². The topological polar surface area (TPSA) is 49.4 Å². The predicted molar refractivity (Wildman–Crippen MR) is 80.3 cm³/mol. The first kappa shape index (κ1) is 14.2. The van der Waals surface area contributed by atoms with Gasteiger partial charge in [0.1, 0.15) is 6.04 Å². The standard InChI is InChI=1S/C15H24N2O2S/c1-3-15(6-4-7-15)10-16-13(19)11-9-20-14(2)8-5-12(18)17(11)14/h11H,3-10H2,1-2H3,(H,16,19)/t11-,14+/m0/s1. The van der Waals surface area contributed by atoms with Crippen molar-refractivity contribution in [3.63, 3.8) is 0 Å². The number of nitrogens with one attached hydrogen (secondary N) is 1. The van der Waals surface area contributed by atoms with Crippen molar-refractivity contribution in [2.45, 2.75) is 63.3 Å². The fourth-order valence-corrected chi connectivity index (χ4v) is 5.17. The van der Waals surface area contributed by atoms with Gasteiger partial charge < -0.3 is 10.2 Å². The number of amides is 2. The number of hydrogen-bond acceptors (Lipinski definition) is 3. The molecular formula is C15H24N2O2S. The first-order valence-electron chi connectivity index (χ1n) is 7.74. The monoisotopic (exact) mass is 296 g/mol. The largest absolute Gasteiger partial charge is 0.354 e. The molecule has 112 valence electrons. The van der Waals surface area contributed by atoms with Crippen LogP contribution in [0.4, 0.5) is 0 Å². The molecule has 0 bridgehead atoms. The number of carbonyl (C=O) groups excluding carboxylic acids is 2. The van der Waals surface area contributed by atoms with Crippen LogP contribution in [0.15, 0.2) is 0 Å². The highest BCUT2D eigenvalue weighted by atomic mass is 32.2. The fourth-order valence-electron chi connectivity index (χ4n) is 3.74. The molecule has 20 heavy (non-hydrogen) atoms. The van der Waals surface area contributed by atoms with E-state index >= 15 is 0 Å². The minimum absolute atomic E-state index is 0.0520. The van der Waals surface area contributed by atoms with Crippen LogP contribution in [0.25, 0.3) is 0 Å². The third-order valence-corrected chi connectivity index (χ3v) is 7.05. The van der Waals surface area contributed by atoms with E-state index in [1.807, 2.05) is 4.90 Å². The summed E-state index contributed by atoms with van der Waals surface area (Å²) in [6.45, 7) is 5.08. The fraction of sp³-hybridized carbons (Fsp3) is 0.867. The molecule has 1 saturated carbocycles. The van der Waals surface area contributed by atoms with E-state index in [9.17, 15) is 9.59 Å². The number of carbonyl (C=O) groups is 2. The summed E-state index contributed by atoms with van der Waals surface area (Å²) < 4.78 is 0. The minimum atomic E-state index is -0.256. The van der Waals surface area contributed by atoms with Crippen LogP contribution in [0.5, 0.6) is 0 Å². The lowest BCUT2D eigenvalue weighted by Crippen LogP contribution is -2.52. The molecule has 1 N–H and O–H groups in total. The molecule has 2 atom stereocenters. The van der Waals surface area contributed by atoms with Gasteiger partial charge in [0.2, 0.25) is 11.8 Å². The molecule has 0 spiro atoms. The molecule has 0 unspecified atom stereocenters. The van der Waals surface area contributed by atoms with Crippen molar-refractivity contribution in [2.75, 3.05) is 12.3 Å². The Morgan fingerprint density at radius 2 is 2.20 bits per heavy atom. The summed E-state index contributed by atoms with van der Waals surface area (Å²) in [6.07, 6.45) is 6.33. The van der Waals surface area contributed by atoms with Gasteiger partial charge in [-0.05, 0) is 38.0 Å². The van der Waals surface area contributed by atoms with Gasteiger partial charge in [-0.1, -0.05) is 13.3 Å². The van der Waals surface area contributed by atoms with E-state index in [0.717, 1.165) is 25.1 Å². The molecule has 2 heterocycles. The lowest BCUT2D eigenvalue weighted by Gasteiger charge is -2.41. The molecule has 3 rings (SSSR count). The van der Waals surface area contributed by atoms with Gasteiger partial charge in [-0.15, -0.1) is 11.8 Å². The second kappa shape index (κ2) is 4.93. The zero-order valence-corrected chi connectivity index (χ0v) is 13.2. The molecule has 2 saturated heterocycles. The highest BCUT2D eigenvalue weighted by Crippen LogP contribution is 2.47. The van der Waals surface area contributed by atoms with Crippen molar-refractivity contribution in [2.24, 2.45) is 5.41 Å². The van der Waals surface area contributed by atoms with Crippen molar-refractivity contribution < 1.29 is 9.59 Å². The minimum Gasteiger partial charge on any atom is -0.354 e. The average molecular weight is 296 g/mol. The van der Waals surface area contributed by atoms with Crippen molar-refractivity contribution in [3.05, 3.63) is 0 Å². The Kier molecular flexibility index (Phi) is 3.51. The molecule has 0 aromatic heterocycles. The van der Waals surface area contributed by atoms with Crippen molar-refractivity contribution >= 4 is 23.6 Å². The Balaban J connectivity index is 1.62. The molecule has 0 aromatic carbocycles. The van der Waals surface area contributed by atoms with E-state index in [1.165, 1.54) is 19.3 Å². The lowest BCUT2D eigenvalue weighted by molar-refractivity contribution is -0.138. The third kappa shape index (κ3) is 2.14. The maximum Gasteiger partial charge on any atom is 0.243 e. The Bertz CT molecular complexity index is 430. The van der Waals surface area contributed by atoms with E-state index in [1.54, 1.807) is 11.8 Å². The summed E-state index contributed by atoms with van der Waals surface area (Å²) in [5.41, 5.74) is 0.333. The number of rotatable bonds is 4. The molecule has 4 nitrogen and oxygen atoms in total. The van der Waals surface area contributed by atoms with Crippen LogP contribution < -0.4 is 5.32 Å². The highest BCUT2D eigenvalue weighted by Gasteiger charge is 2.53. The molecule has 2 aliphatic heterocycles. The summed E-state index contributed by atoms with van der Waals surface area (Å²) in [6, 6.07) is -0.256. The second-order valence-corrected chi connectivity index (χ2v) is 8.19. The van der Waals surface area contributed by atoms with E-state index in [4.69, 9.17) is 0 Å². The molecule has 3 fully saturated rings. The number of nitrogens with zero attached hydrogens (tertiary/aromatic N) is 1. The number of fused-ring (bicyclic) bond motifs is 1. The van der Waals surface area contributed by atoms with Crippen LogP contribution in [-0.4, -0.2) is 39.9 Å². The Hall–Kier alpha value is -0.710. The normalized spacial score (nSPS) is 34.8. The summed E-state index contributed by atoms with van der Waals surface area (Å²) >= 11 is 1.76. The van der Waals surface area contributed by atoms with Crippen LogP contribution in [0.3, 0.4) is 0 Å². The van der Waals surface area contributed by atoms with E-state index in [-0.39, 0.29) is 22.7 Å². The first-order chi connectivity index (χ1) is 9.50. The zero-order valence-electron chi connectivity index (χ0n) is 12.4. The van der Waals surface area contributed by atoms with Gasteiger partial charge in [-0.2, -0.15) is 0 Å². The van der Waals surface area contributed by atoms with Gasteiger partial charge in [0, 0.05) is 18.7 Å². The molecule has 0 radical (unpaired) electrons. The summed E-state index contributed by atoms with van der Waals surface area (Å²) in [7, 11) is 0. The van der Waals surface area contributed by atoms with Gasteiger partial charge in [0.15, 0.2) is 0 Å². The number of hydrogen-bond donors (Lipinski definition) is 1. The predicted octanol–water partition coefficient (Wildman–Crippen LogP) is 2.14. The second-order valence-electron chi connectivity index (χ2n) is 6.69. The van der Waals surface area contributed by atoms with Gasteiger partial charge >= 0.3 is 0 Å². The van der Waals surface area contributed by atoms with E-state index < -0.39 is 0 Å². The molecule has 0 aromatic rings. The van der Waals surface area contributed by atoms with Crippen LogP contribution in [0.1, 0.15) is 52.4 Å². The number of thioether (sulfide) groups is 1. The van der Waals surface area contributed by atoms with Crippen molar-refractivity contribution in [1.82, 2.24) is 10.2 Å². The zero-order chi connectivity index (χ0) is 14.4. The van der Waals surface area contributed by atoms with Crippen LogP contribution in [0.2, 0.25) is 0 Å². The molecular weight excluding hydrogens is 272 g/mol. The summed E-state index contributed by atoms with van der Waals surface area (Å²) in [5, 5.41) is 3.12.